The number of ether oxygens (including phenoxy) is 1. The summed E-state index contributed by atoms with van der Waals surface area (Å²) >= 11 is 0. The molecule has 0 aliphatic carbocycles. The summed E-state index contributed by atoms with van der Waals surface area (Å²) in [6, 6.07) is 9.53. The molecule has 24 heavy (non-hydrogen) atoms. The molecule has 0 bridgehead atoms. The summed E-state index contributed by atoms with van der Waals surface area (Å²) in [5.74, 6) is 1.78. The van der Waals surface area contributed by atoms with Gasteiger partial charge in [0.2, 0.25) is 0 Å². The summed E-state index contributed by atoms with van der Waals surface area (Å²) in [4.78, 5) is 5.06. The summed E-state index contributed by atoms with van der Waals surface area (Å²) in [6.45, 7) is 8.51. The summed E-state index contributed by atoms with van der Waals surface area (Å²) in [5, 5.41) is 6.50. The molecule has 1 rings (SSSR count). The van der Waals surface area contributed by atoms with Crippen LogP contribution in [0.4, 0.5) is 0 Å². The first-order valence-electron chi connectivity index (χ1n) is 8.58. The predicted octanol–water partition coefficient (Wildman–Crippen LogP) is 2.41. The first kappa shape index (κ1) is 20.6. The Hall–Kier alpha value is -1.40. The molecular formula is C18H31N3O2S. The van der Waals surface area contributed by atoms with E-state index in [0.717, 1.165) is 30.4 Å². The summed E-state index contributed by atoms with van der Waals surface area (Å²) in [6.07, 6.45) is 1.19. The van der Waals surface area contributed by atoms with E-state index in [1.54, 1.807) is 7.05 Å². The van der Waals surface area contributed by atoms with Crippen LogP contribution in [0.2, 0.25) is 0 Å². The Morgan fingerprint density at radius 3 is 2.46 bits per heavy atom. The van der Waals surface area contributed by atoms with Gasteiger partial charge in [-0.15, -0.1) is 0 Å². The molecule has 0 aromatic heterocycles. The molecule has 0 saturated heterocycles. The minimum atomic E-state index is -0.989. The zero-order valence-electron chi connectivity index (χ0n) is 15.2. The quantitative estimate of drug-likeness (QED) is 0.501. The van der Waals surface area contributed by atoms with E-state index in [9.17, 15) is 4.21 Å². The third-order valence-corrected chi connectivity index (χ3v) is 5.03. The van der Waals surface area contributed by atoms with Gasteiger partial charge in [-0.1, -0.05) is 32.0 Å². The van der Waals surface area contributed by atoms with Gasteiger partial charge >= 0.3 is 0 Å². The van der Waals surface area contributed by atoms with Crippen molar-refractivity contribution < 1.29 is 8.95 Å². The average Bonchev–Trinajstić information content (AvgIpc) is 2.59. The van der Waals surface area contributed by atoms with E-state index in [1.165, 1.54) is 0 Å². The van der Waals surface area contributed by atoms with Crippen molar-refractivity contribution >= 4 is 16.8 Å². The SMILES string of the molecule is CCOC(CCNC(=NC)NCCS(=O)c1ccccc1)C(C)C. The summed E-state index contributed by atoms with van der Waals surface area (Å²) in [7, 11) is 0.753. The van der Waals surface area contributed by atoms with Crippen molar-refractivity contribution in [1.29, 1.82) is 0 Å². The molecule has 0 aliphatic rings. The lowest BCUT2D eigenvalue weighted by Gasteiger charge is -2.21. The Morgan fingerprint density at radius 2 is 1.88 bits per heavy atom. The highest BCUT2D eigenvalue weighted by atomic mass is 32.2. The maximum Gasteiger partial charge on any atom is 0.191 e. The Balaban J connectivity index is 2.29. The molecular weight excluding hydrogens is 322 g/mol. The van der Waals surface area contributed by atoms with Crippen LogP contribution >= 0.6 is 0 Å². The van der Waals surface area contributed by atoms with Crippen LogP contribution in [0.15, 0.2) is 40.2 Å². The van der Waals surface area contributed by atoms with Crippen LogP contribution < -0.4 is 10.6 Å². The highest BCUT2D eigenvalue weighted by Gasteiger charge is 2.13. The Kier molecular flexibility index (Phi) is 10.4. The zero-order chi connectivity index (χ0) is 17.8. The topological polar surface area (TPSA) is 62.7 Å². The van der Waals surface area contributed by atoms with Gasteiger partial charge in [0, 0.05) is 37.4 Å². The number of hydrogen-bond donors (Lipinski definition) is 2. The zero-order valence-corrected chi connectivity index (χ0v) is 16.1. The van der Waals surface area contributed by atoms with E-state index >= 15 is 0 Å². The number of nitrogens with one attached hydrogen (secondary N) is 2. The molecule has 0 saturated carbocycles. The van der Waals surface area contributed by atoms with Crippen LogP contribution in [-0.4, -0.2) is 48.8 Å². The van der Waals surface area contributed by atoms with Crippen LogP contribution in [0, 0.1) is 5.92 Å². The number of nitrogens with zero attached hydrogens (tertiary/aromatic N) is 1. The van der Waals surface area contributed by atoms with E-state index in [-0.39, 0.29) is 6.10 Å². The molecule has 2 atom stereocenters. The normalized spacial score (nSPS) is 14.5. The van der Waals surface area contributed by atoms with Crippen LogP contribution in [0.25, 0.3) is 0 Å². The lowest BCUT2D eigenvalue weighted by molar-refractivity contribution is 0.0258. The average molecular weight is 354 g/mol. The molecule has 5 nitrogen and oxygen atoms in total. The molecule has 0 radical (unpaired) electrons. The minimum absolute atomic E-state index is 0.256. The van der Waals surface area contributed by atoms with Gasteiger partial charge < -0.3 is 15.4 Å². The van der Waals surface area contributed by atoms with Gasteiger partial charge in [0.1, 0.15) is 0 Å². The van der Waals surface area contributed by atoms with Gasteiger partial charge in [-0.05, 0) is 31.4 Å². The minimum Gasteiger partial charge on any atom is -0.378 e. The first-order valence-corrected chi connectivity index (χ1v) is 9.89. The van der Waals surface area contributed by atoms with Crippen LogP contribution in [-0.2, 0) is 15.5 Å². The van der Waals surface area contributed by atoms with Crippen molar-refractivity contribution in [1.82, 2.24) is 10.6 Å². The van der Waals surface area contributed by atoms with Crippen molar-refractivity contribution in [2.75, 3.05) is 32.5 Å². The summed E-state index contributed by atoms with van der Waals surface area (Å²) in [5.41, 5.74) is 0. The highest BCUT2D eigenvalue weighted by molar-refractivity contribution is 7.85. The highest BCUT2D eigenvalue weighted by Crippen LogP contribution is 2.09. The third kappa shape index (κ3) is 7.93. The number of aliphatic imine (C=N–C) groups is 1. The predicted molar refractivity (Wildman–Crippen MR) is 102 cm³/mol. The molecule has 0 fully saturated rings. The molecule has 136 valence electrons. The Labute approximate surface area is 148 Å². The lowest BCUT2D eigenvalue weighted by Crippen LogP contribution is -2.40. The standard InChI is InChI=1S/C18H31N3O2S/c1-5-23-17(15(2)3)11-12-20-18(19-4)21-13-14-24(22)16-9-7-6-8-10-16/h6-10,15,17H,5,11-14H2,1-4H3,(H2,19,20,21). The number of hydrogen-bond acceptors (Lipinski definition) is 3. The molecule has 2 N–H and O–H groups in total. The van der Waals surface area contributed by atoms with Gasteiger partial charge in [0.05, 0.1) is 16.9 Å². The maximum absolute atomic E-state index is 12.2. The van der Waals surface area contributed by atoms with E-state index in [1.807, 2.05) is 37.3 Å². The summed E-state index contributed by atoms with van der Waals surface area (Å²) < 4.78 is 17.9. The van der Waals surface area contributed by atoms with Gasteiger partial charge in [-0.2, -0.15) is 0 Å². The van der Waals surface area contributed by atoms with Crippen molar-refractivity contribution in [2.45, 2.75) is 38.2 Å². The van der Waals surface area contributed by atoms with Crippen molar-refractivity contribution in [3.8, 4) is 0 Å². The van der Waals surface area contributed by atoms with Crippen molar-refractivity contribution in [3.05, 3.63) is 30.3 Å². The lowest BCUT2D eigenvalue weighted by atomic mass is 10.0. The van der Waals surface area contributed by atoms with Crippen LogP contribution in [0.3, 0.4) is 0 Å². The molecule has 1 aromatic carbocycles. The number of benzene rings is 1. The largest absolute Gasteiger partial charge is 0.378 e. The number of rotatable bonds is 10. The second-order valence-electron chi connectivity index (χ2n) is 5.81. The van der Waals surface area contributed by atoms with Gasteiger partial charge in [0.25, 0.3) is 0 Å². The molecule has 1 aromatic rings. The van der Waals surface area contributed by atoms with E-state index in [4.69, 9.17) is 4.74 Å². The maximum atomic E-state index is 12.2. The molecule has 0 aliphatic heterocycles. The van der Waals surface area contributed by atoms with Crippen molar-refractivity contribution in [2.24, 2.45) is 10.9 Å². The fourth-order valence-electron chi connectivity index (χ4n) is 2.33. The second-order valence-corrected chi connectivity index (χ2v) is 7.39. The van der Waals surface area contributed by atoms with Gasteiger partial charge in [-0.3, -0.25) is 9.20 Å². The van der Waals surface area contributed by atoms with Crippen molar-refractivity contribution in [3.63, 3.8) is 0 Å². The molecule has 6 heteroatoms. The van der Waals surface area contributed by atoms with Crippen LogP contribution in [0.5, 0.6) is 0 Å². The molecule has 2 unspecified atom stereocenters. The molecule has 0 heterocycles. The third-order valence-electron chi connectivity index (χ3n) is 3.66. The number of guanidine groups is 1. The fraction of sp³-hybridized carbons (Fsp3) is 0.611. The second kappa shape index (κ2) is 12.0. The van der Waals surface area contributed by atoms with E-state index in [0.29, 0.717) is 18.2 Å². The van der Waals surface area contributed by atoms with Crippen LogP contribution in [0.1, 0.15) is 27.2 Å². The smallest absolute Gasteiger partial charge is 0.191 e. The first-order chi connectivity index (χ1) is 11.6. The monoisotopic (exact) mass is 353 g/mol. The molecule has 0 spiro atoms. The van der Waals surface area contributed by atoms with Gasteiger partial charge in [-0.25, -0.2) is 0 Å². The Bertz CT molecular complexity index is 506. The van der Waals surface area contributed by atoms with E-state index in [2.05, 4.69) is 29.5 Å². The Morgan fingerprint density at radius 1 is 1.21 bits per heavy atom. The molecule has 0 amide bonds. The van der Waals surface area contributed by atoms with E-state index < -0.39 is 10.8 Å². The fourth-order valence-corrected chi connectivity index (χ4v) is 3.31. The van der Waals surface area contributed by atoms with Gasteiger partial charge in [0.15, 0.2) is 5.96 Å².